The van der Waals surface area contributed by atoms with Gasteiger partial charge in [0.05, 0.1) is 70.0 Å². The summed E-state index contributed by atoms with van der Waals surface area (Å²) in [6.45, 7) is 9.49. The molecule has 0 atom stereocenters. The van der Waals surface area contributed by atoms with Gasteiger partial charge < -0.3 is 33.5 Å². The molecular formula is C29H43Br2NO7S. The zero-order chi connectivity index (χ0) is 28.7. The van der Waals surface area contributed by atoms with E-state index in [0.717, 1.165) is 40.6 Å². The van der Waals surface area contributed by atoms with E-state index in [2.05, 4.69) is 54.4 Å². The molecule has 1 heterocycles. The molecule has 2 aromatic carbocycles. The minimum atomic E-state index is 0.250. The molecule has 1 N–H and O–H groups in total. The van der Waals surface area contributed by atoms with Crippen molar-refractivity contribution in [2.45, 2.75) is 30.8 Å². The highest BCUT2D eigenvalue weighted by Crippen LogP contribution is 2.32. The summed E-state index contributed by atoms with van der Waals surface area (Å²) in [6, 6.07) is 16.1. The van der Waals surface area contributed by atoms with Crippen LogP contribution in [0.25, 0.3) is 0 Å². The summed E-state index contributed by atoms with van der Waals surface area (Å²) in [5, 5.41) is 7.57. The molecule has 1 aliphatic heterocycles. The van der Waals surface area contributed by atoms with Crippen molar-refractivity contribution < 1.29 is 33.5 Å². The SMILES string of the molecule is Brc1ccccc1OCCOCCOCCOCCOCCOC1CCN(Sc2ccccc2Br)CC1.CCO. The maximum absolute atomic E-state index is 7.57. The Hall–Kier alpha value is -0.730. The summed E-state index contributed by atoms with van der Waals surface area (Å²) in [4.78, 5) is 1.26. The fraction of sp³-hybridized carbons (Fsp3) is 0.586. The van der Waals surface area contributed by atoms with Gasteiger partial charge in [-0.2, -0.15) is 0 Å². The molecule has 0 saturated carbocycles. The highest BCUT2D eigenvalue weighted by molar-refractivity contribution is 9.10. The fourth-order valence-electron chi connectivity index (χ4n) is 3.56. The van der Waals surface area contributed by atoms with Crippen LogP contribution in [0, 0.1) is 0 Å². The minimum absolute atomic E-state index is 0.250. The maximum atomic E-state index is 7.57. The number of ether oxygens (including phenoxy) is 6. The van der Waals surface area contributed by atoms with Crippen LogP contribution in [0.3, 0.4) is 0 Å². The molecule has 226 valence electrons. The topological polar surface area (TPSA) is 78.9 Å². The van der Waals surface area contributed by atoms with E-state index < -0.39 is 0 Å². The van der Waals surface area contributed by atoms with E-state index in [-0.39, 0.29) is 6.61 Å². The quantitative estimate of drug-likeness (QED) is 0.143. The molecular weight excluding hydrogens is 666 g/mol. The summed E-state index contributed by atoms with van der Waals surface area (Å²) < 4.78 is 38.3. The van der Waals surface area contributed by atoms with Crippen LogP contribution in [0.1, 0.15) is 19.8 Å². The third-order valence-electron chi connectivity index (χ3n) is 5.48. The second kappa shape index (κ2) is 23.8. The van der Waals surface area contributed by atoms with Gasteiger partial charge in [-0.05, 0) is 87.8 Å². The number of aliphatic hydroxyl groups is 1. The van der Waals surface area contributed by atoms with Crippen molar-refractivity contribution in [2.24, 2.45) is 0 Å². The lowest BCUT2D eigenvalue weighted by Crippen LogP contribution is -2.33. The van der Waals surface area contributed by atoms with Crippen LogP contribution in [0.2, 0.25) is 0 Å². The molecule has 3 rings (SSSR count). The van der Waals surface area contributed by atoms with Crippen LogP contribution >= 0.6 is 43.8 Å². The first kappa shape index (κ1) is 35.5. The molecule has 1 fully saturated rings. The Bertz CT molecular complexity index is 891. The average molecular weight is 710 g/mol. The van der Waals surface area contributed by atoms with Crippen molar-refractivity contribution in [1.82, 2.24) is 4.31 Å². The molecule has 0 aliphatic carbocycles. The van der Waals surface area contributed by atoms with Gasteiger partial charge in [-0.25, -0.2) is 4.31 Å². The Labute approximate surface area is 260 Å². The molecule has 0 aromatic heterocycles. The maximum Gasteiger partial charge on any atom is 0.133 e. The first-order valence-corrected chi connectivity index (χ1v) is 16.1. The molecule has 0 unspecified atom stereocenters. The van der Waals surface area contributed by atoms with Gasteiger partial charge in [-0.3, -0.25) is 0 Å². The Morgan fingerprint density at radius 2 is 1.20 bits per heavy atom. The lowest BCUT2D eigenvalue weighted by atomic mass is 10.1. The number of para-hydroxylation sites is 1. The van der Waals surface area contributed by atoms with Gasteiger partial charge in [-0.15, -0.1) is 0 Å². The van der Waals surface area contributed by atoms with Crippen LogP contribution < -0.4 is 4.74 Å². The number of aliphatic hydroxyl groups excluding tert-OH is 1. The van der Waals surface area contributed by atoms with Gasteiger partial charge in [0.2, 0.25) is 0 Å². The average Bonchev–Trinajstić information content (AvgIpc) is 2.96. The zero-order valence-electron chi connectivity index (χ0n) is 23.3. The van der Waals surface area contributed by atoms with Crippen molar-refractivity contribution in [3.8, 4) is 5.75 Å². The molecule has 0 amide bonds. The van der Waals surface area contributed by atoms with Gasteiger partial charge in [0.1, 0.15) is 12.4 Å². The van der Waals surface area contributed by atoms with E-state index in [0.29, 0.717) is 72.2 Å². The lowest BCUT2D eigenvalue weighted by molar-refractivity contribution is -0.0315. The third kappa shape index (κ3) is 16.6. The van der Waals surface area contributed by atoms with Gasteiger partial charge in [0.15, 0.2) is 0 Å². The van der Waals surface area contributed by atoms with Crippen molar-refractivity contribution >= 4 is 43.8 Å². The van der Waals surface area contributed by atoms with Crippen LogP contribution in [-0.2, 0) is 23.7 Å². The smallest absolute Gasteiger partial charge is 0.133 e. The molecule has 8 nitrogen and oxygen atoms in total. The minimum Gasteiger partial charge on any atom is -0.490 e. The number of nitrogens with zero attached hydrogens (tertiary/aromatic N) is 1. The van der Waals surface area contributed by atoms with Gasteiger partial charge in [-0.1, -0.05) is 24.3 Å². The van der Waals surface area contributed by atoms with E-state index in [9.17, 15) is 0 Å². The Morgan fingerprint density at radius 3 is 1.75 bits per heavy atom. The third-order valence-corrected chi connectivity index (χ3v) is 8.27. The van der Waals surface area contributed by atoms with Gasteiger partial charge in [0.25, 0.3) is 0 Å². The summed E-state index contributed by atoms with van der Waals surface area (Å²) in [5.41, 5.74) is 0. The summed E-state index contributed by atoms with van der Waals surface area (Å²) in [5.74, 6) is 0.819. The standard InChI is InChI=1S/C27H37Br2NO6S.C2H6O/c28-24-5-1-3-7-26(24)36-22-20-34-18-16-32-14-13-31-15-17-33-19-21-35-23-9-11-30(12-10-23)37-27-8-4-2-6-25(27)29;1-2-3/h1-8,23H,9-22H2;3H,2H2,1H3. The van der Waals surface area contributed by atoms with Crippen LogP contribution in [0.5, 0.6) is 5.75 Å². The summed E-state index contributed by atoms with van der Waals surface area (Å²) in [6.07, 6.45) is 2.41. The lowest BCUT2D eigenvalue weighted by Gasteiger charge is -2.31. The monoisotopic (exact) mass is 707 g/mol. The van der Waals surface area contributed by atoms with Crippen LogP contribution in [0.4, 0.5) is 0 Å². The molecule has 0 spiro atoms. The highest BCUT2D eigenvalue weighted by atomic mass is 79.9. The number of halogens is 2. The predicted octanol–water partition coefficient (Wildman–Crippen LogP) is 5.84. The van der Waals surface area contributed by atoms with Crippen molar-refractivity contribution in [2.75, 3.05) is 85.8 Å². The number of benzene rings is 2. The van der Waals surface area contributed by atoms with Gasteiger partial charge >= 0.3 is 0 Å². The fourth-order valence-corrected chi connectivity index (χ4v) is 5.42. The number of piperidine rings is 1. The highest BCUT2D eigenvalue weighted by Gasteiger charge is 2.20. The molecule has 1 saturated heterocycles. The summed E-state index contributed by atoms with van der Waals surface area (Å²) >= 11 is 8.89. The number of hydrogen-bond acceptors (Lipinski definition) is 9. The molecule has 40 heavy (non-hydrogen) atoms. The zero-order valence-corrected chi connectivity index (χ0v) is 27.3. The summed E-state index contributed by atoms with van der Waals surface area (Å²) in [7, 11) is 0. The van der Waals surface area contributed by atoms with Crippen LogP contribution in [0.15, 0.2) is 62.4 Å². The van der Waals surface area contributed by atoms with Crippen molar-refractivity contribution in [3.63, 3.8) is 0 Å². The Kier molecular flexibility index (Phi) is 21.1. The first-order valence-electron chi connectivity index (χ1n) is 13.7. The van der Waals surface area contributed by atoms with Crippen molar-refractivity contribution in [3.05, 3.63) is 57.5 Å². The van der Waals surface area contributed by atoms with Crippen LogP contribution in [-0.4, -0.2) is 101 Å². The van der Waals surface area contributed by atoms with E-state index in [1.807, 2.05) is 42.3 Å². The normalized spacial score (nSPS) is 14.1. The van der Waals surface area contributed by atoms with Crippen molar-refractivity contribution in [1.29, 1.82) is 0 Å². The molecule has 11 heteroatoms. The van der Waals surface area contributed by atoms with Gasteiger partial charge in [0, 0.05) is 29.1 Å². The largest absolute Gasteiger partial charge is 0.490 e. The molecule has 0 bridgehead atoms. The molecule has 1 aliphatic rings. The Balaban J connectivity index is 0.00000178. The second-order valence-electron chi connectivity index (χ2n) is 8.57. The van der Waals surface area contributed by atoms with E-state index in [1.54, 1.807) is 6.92 Å². The second-order valence-corrected chi connectivity index (χ2v) is 11.4. The van der Waals surface area contributed by atoms with E-state index in [4.69, 9.17) is 33.5 Å². The predicted molar refractivity (Wildman–Crippen MR) is 166 cm³/mol. The van der Waals surface area contributed by atoms with E-state index >= 15 is 0 Å². The molecule has 0 radical (unpaired) electrons. The first-order chi connectivity index (χ1) is 19.6. The van der Waals surface area contributed by atoms with E-state index in [1.165, 1.54) is 4.90 Å². The number of rotatable bonds is 19. The number of hydrogen-bond donors (Lipinski definition) is 1. The Morgan fingerprint density at radius 1 is 0.725 bits per heavy atom. The molecule has 2 aromatic rings.